The van der Waals surface area contributed by atoms with E-state index >= 15 is 0 Å². The van der Waals surface area contributed by atoms with Gasteiger partial charge in [-0.1, -0.05) is 12.1 Å². The molecule has 7 nitrogen and oxygen atoms in total. The molecule has 2 aliphatic heterocycles. The van der Waals surface area contributed by atoms with Crippen LogP contribution in [-0.2, 0) is 0 Å². The molecule has 156 valence electrons. The standard InChI is InChI=1S/C24H21N3O4/c28-24(27-12-11-26(16-5-6-16)19-3-1-2-4-20(19)27)18-14-25-10-9-21(18)31-17-7-8-22-23(13-17)30-15-29-22/h1-4,7-10,13-14,16H,5-6,11-12,15H2. The van der Waals surface area contributed by atoms with Crippen LogP contribution in [0.1, 0.15) is 23.2 Å². The fourth-order valence-electron chi connectivity index (χ4n) is 4.20. The Morgan fingerprint density at radius 3 is 2.71 bits per heavy atom. The topological polar surface area (TPSA) is 64.1 Å². The molecule has 0 bridgehead atoms. The van der Waals surface area contributed by atoms with Gasteiger partial charge in [-0.15, -0.1) is 0 Å². The molecule has 0 N–H and O–H groups in total. The predicted octanol–water partition coefficient (Wildman–Crippen LogP) is 4.23. The second-order valence-corrected chi connectivity index (χ2v) is 7.86. The first-order valence-electron chi connectivity index (χ1n) is 10.5. The largest absolute Gasteiger partial charge is 0.456 e. The van der Waals surface area contributed by atoms with Crippen molar-refractivity contribution >= 4 is 17.3 Å². The molecule has 1 aliphatic carbocycles. The van der Waals surface area contributed by atoms with Gasteiger partial charge in [0.25, 0.3) is 5.91 Å². The lowest BCUT2D eigenvalue weighted by Gasteiger charge is -2.38. The molecular formula is C24H21N3O4. The van der Waals surface area contributed by atoms with Crippen LogP contribution in [0.25, 0.3) is 0 Å². The summed E-state index contributed by atoms with van der Waals surface area (Å²) < 4.78 is 16.9. The van der Waals surface area contributed by atoms with Crippen molar-refractivity contribution < 1.29 is 19.0 Å². The van der Waals surface area contributed by atoms with Gasteiger partial charge in [0.05, 0.1) is 11.4 Å². The maximum absolute atomic E-state index is 13.6. The van der Waals surface area contributed by atoms with Crippen LogP contribution >= 0.6 is 0 Å². The van der Waals surface area contributed by atoms with E-state index in [0.717, 1.165) is 17.9 Å². The van der Waals surface area contributed by atoms with E-state index in [1.807, 2.05) is 23.1 Å². The van der Waals surface area contributed by atoms with Gasteiger partial charge >= 0.3 is 0 Å². The van der Waals surface area contributed by atoms with Crippen LogP contribution in [0.3, 0.4) is 0 Å². The van der Waals surface area contributed by atoms with Crippen molar-refractivity contribution in [1.29, 1.82) is 0 Å². The molecule has 2 aromatic carbocycles. The summed E-state index contributed by atoms with van der Waals surface area (Å²) in [4.78, 5) is 22.0. The third kappa shape index (κ3) is 3.22. The first-order valence-corrected chi connectivity index (χ1v) is 10.5. The lowest BCUT2D eigenvalue weighted by atomic mass is 10.1. The highest BCUT2D eigenvalue weighted by Gasteiger charge is 2.36. The molecule has 0 spiro atoms. The van der Waals surface area contributed by atoms with Crippen LogP contribution in [0, 0.1) is 0 Å². The predicted molar refractivity (Wildman–Crippen MR) is 115 cm³/mol. The van der Waals surface area contributed by atoms with E-state index in [1.54, 1.807) is 36.7 Å². The summed E-state index contributed by atoms with van der Waals surface area (Å²) in [7, 11) is 0. The molecule has 3 aliphatic rings. The Bertz CT molecular complexity index is 1160. The Balaban J connectivity index is 1.31. The number of hydrogen-bond donors (Lipinski definition) is 0. The van der Waals surface area contributed by atoms with Gasteiger partial charge in [-0.3, -0.25) is 9.78 Å². The second kappa shape index (κ2) is 7.19. The average molecular weight is 415 g/mol. The van der Waals surface area contributed by atoms with Gasteiger partial charge in [-0.2, -0.15) is 0 Å². The molecule has 0 unspecified atom stereocenters. The molecule has 3 aromatic rings. The maximum Gasteiger partial charge on any atom is 0.263 e. The fraction of sp³-hybridized carbons (Fsp3) is 0.250. The van der Waals surface area contributed by atoms with E-state index in [9.17, 15) is 4.79 Å². The van der Waals surface area contributed by atoms with E-state index < -0.39 is 0 Å². The number of fused-ring (bicyclic) bond motifs is 2. The van der Waals surface area contributed by atoms with Crippen LogP contribution in [0.15, 0.2) is 60.9 Å². The summed E-state index contributed by atoms with van der Waals surface area (Å²) in [6.07, 6.45) is 5.63. The van der Waals surface area contributed by atoms with Gasteiger partial charge in [-0.25, -0.2) is 0 Å². The minimum Gasteiger partial charge on any atom is -0.456 e. The maximum atomic E-state index is 13.6. The van der Waals surface area contributed by atoms with Crippen molar-refractivity contribution in [2.45, 2.75) is 18.9 Å². The van der Waals surface area contributed by atoms with Crippen molar-refractivity contribution in [1.82, 2.24) is 4.98 Å². The minimum absolute atomic E-state index is 0.119. The van der Waals surface area contributed by atoms with E-state index in [4.69, 9.17) is 14.2 Å². The number of pyridine rings is 1. The number of rotatable bonds is 4. The van der Waals surface area contributed by atoms with Crippen LogP contribution in [0.5, 0.6) is 23.0 Å². The highest BCUT2D eigenvalue weighted by atomic mass is 16.7. The Hall–Kier alpha value is -3.74. The summed E-state index contributed by atoms with van der Waals surface area (Å²) in [5.74, 6) is 2.23. The fourth-order valence-corrected chi connectivity index (χ4v) is 4.20. The second-order valence-electron chi connectivity index (χ2n) is 7.86. The van der Waals surface area contributed by atoms with Gasteiger partial charge in [0.1, 0.15) is 17.1 Å². The van der Waals surface area contributed by atoms with Crippen molar-refractivity contribution in [3.8, 4) is 23.0 Å². The summed E-state index contributed by atoms with van der Waals surface area (Å²) in [5, 5.41) is 0. The van der Waals surface area contributed by atoms with E-state index in [1.165, 1.54) is 12.8 Å². The number of nitrogens with zero attached hydrogens (tertiary/aromatic N) is 3. The van der Waals surface area contributed by atoms with Crippen LogP contribution < -0.4 is 24.0 Å². The molecular weight excluding hydrogens is 394 g/mol. The quantitative estimate of drug-likeness (QED) is 0.635. The van der Waals surface area contributed by atoms with Gasteiger partial charge in [0, 0.05) is 37.6 Å². The van der Waals surface area contributed by atoms with Gasteiger partial charge in [0.15, 0.2) is 11.5 Å². The van der Waals surface area contributed by atoms with Gasteiger partial charge < -0.3 is 24.0 Å². The number of hydrogen-bond acceptors (Lipinski definition) is 6. The molecule has 0 radical (unpaired) electrons. The number of anilines is 2. The number of amides is 1. The zero-order chi connectivity index (χ0) is 20.8. The molecule has 1 saturated carbocycles. The third-order valence-corrected chi connectivity index (χ3v) is 5.86. The third-order valence-electron chi connectivity index (χ3n) is 5.86. The van der Waals surface area contributed by atoms with Crippen molar-refractivity contribution in [3.05, 3.63) is 66.5 Å². The highest BCUT2D eigenvalue weighted by molar-refractivity contribution is 6.09. The summed E-state index contributed by atoms with van der Waals surface area (Å²) in [5.41, 5.74) is 2.48. The Kier molecular flexibility index (Phi) is 4.19. The Labute approximate surface area is 179 Å². The zero-order valence-electron chi connectivity index (χ0n) is 16.9. The van der Waals surface area contributed by atoms with E-state index in [2.05, 4.69) is 16.0 Å². The molecule has 7 heteroatoms. The zero-order valence-corrected chi connectivity index (χ0v) is 16.9. The van der Waals surface area contributed by atoms with Crippen LogP contribution in [-0.4, -0.2) is 36.8 Å². The SMILES string of the molecule is O=C(c1cnccc1Oc1ccc2c(c1)OCO2)N1CCN(C2CC2)c2ccccc21. The smallest absolute Gasteiger partial charge is 0.263 e. The number of para-hydroxylation sites is 2. The molecule has 1 fully saturated rings. The highest BCUT2D eigenvalue weighted by Crippen LogP contribution is 2.41. The monoisotopic (exact) mass is 415 g/mol. The molecule has 1 amide bonds. The van der Waals surface area contributed by atoms with Gasteiger partial charge in [-0.05, 0) is 43.2 Å². The Morgan fingerprint density at radius 1 is 1.00 bits per heavy atom. The number of ether oxygens (including phenoxy) is 3. The lowest BCUT2D eigenvalue weighted by Crippen LogP contribution is -2.45. The van der Waals surface area contributed by atoms with Crippen molar-refractivity contribution in [2.24, 2.45) is 0 Å². The first kappa shape index (κ1) is 18.1. The number of aromatic nitrogens is 1. The average Bonchev–Trinajstić information content (AvgIpc) is 3.55. The lowest BCUT2D eigenvalue weighted by molar-refractivity contribution is 0.0984. The minimum atomic E-state index is -0.119. The van der Waals surface area contributed by atoms with Gasteiger partial charge in [0.2, 0.25) is 6.79 Å². The number of carbonyl (C=O) groups excluding carboxylic acids is 1. The molecule has 0 atom stereocenters. The summed E-state index contributed by atoms with van der Waals surface area (Å²) in [6, 6.07) is 15.8. The van der Waals surface area contributed by atoms with Crippen LogP contribution in [0.2, 0.25) is 0 Å². The number of carbonyl (C=O) groups is 1. The molecule has 0 saturated heterocycles. The van der Waals surface area contributed by atoms with Crippen LogP contribution in [0.4, 0.5) is 11.4 Å². The molecule has 3 heterocycles. The van der Waals surface area contributed by atoms with Crippen molar-refractivity contribution in [3.63, 3.8) is 0 Å². The first-order chi connectivity index (χ1) is 15.3. The molecule has 31 heavy (non-hydrogen) atoms. The summed E-state index contributed by atoms with van der Waals surface area (Å²) >= 11 is 0. The van der Waals surface area contributed by atoms with E-state index in [0.29, 0.717) is 41.1 Å². The molecule has 6 rings (SSSR count). The molecule has 1 aromatic heterocycles. The van der Waals surface area contributed by atoms with Crippen molar-refractivity contribution in [2.75, 3.05) is 29.7 Å². The van der Waals surface area contributed by atoms with E-state index in [-0.39, 0.29) is 12.7 Å². The number of benzene rings is 2. The summed E-state index contributed by atoms with van der Waals surface area (Å²) in [6.45, 7) is 1.65. The Morgan fingerprint density at radius 2 is 1.84 bits per heavy atom. The normalized spacial score (nSPS) is 16.8.